The molecule has 0 aliphatic rings. The van der Waals surface area contributed by atoms with E-state index in [1.54, 1.807) is 7.11 Å². The predicted octanol–water partition coefficient (Wildman–Crippen LogP) is 3.01. The van der Waals surface area contributed by atoms with E-state index in [1.807, 2.05) is 70.2 Å². The van der Waals surface area contributed by atoms with Crippen LogP contribution < -0.4 is 21.3 Å². The van der Waals surface area contributed by atoms with Crippen LogP contribution in [0.4, 0.5) is 4.79 Å². The van der Waals surface area contributed by atoms with E-state index in [9.17, 15) is 29.4 Å². The van der Waals surface area contributed by atoms with E-state index in [1.165, 1.54) is 6.08 Å². The molecule has 2 rings (SSSR count). The number of benzene rings is 2. The van der Waals surface area contributed by atoms with Crippen molar-refractivity contribution in [3.8, 4) is 0 Å². The summed E-state index contributed by atoms with van der Waals surface area (Å²) in [6.45, 7) is 12.1. The Kier molecular flexibility index (Phi) is 19.8. The maximum absolute atomic E-state index is 13.9. The van der Waals surface area contributed by atoms with Crippen LogP contribution in [0.2, 0.25) is 0 Å². The number of rotatable bonds is 24. The number of amides is 4. The lowest BCUT2D eigenvalue weighted by molar-refractivity contribution is -0.131. The van der Waals surface area contributed by atoms with Gasteiger partial charge in [0.25, 0.3) is 0 Å². The van der Waals surface area contributed by atoms with Crippen LogP contribution in [-0.2, 0) is 35.0 Å². The maximum atomic E-state index is 13.9. The van der Waals surface area contributed by atoms with Gasteiger partial charge < -0.3 is 45.7 Å². The minimum Gasteiger partial charge on any atom is -0.447 e. The van der Waals surface area contributed by atoms with Crippen LogP contribution in [0.25, 0.3) is 10.8 Å². The van der Waals surface area contributed by atoms with Gasteiger partial charge in [-0.2, -0.15) is 0 Å². The maximum Gasteiger partial charge on any atom is 0.407 e. The molecular weight excluding hydrogens is 656 g/mol. The Hall–Kier alpha value is -4.04. The number of aliphatic hydroxyl groups excluding tert-OH is 2. The number of carbonyl (C=O) groups is 4. The number of alkyl carbamates (subject to hydrolysis) is 1. The molecule has 0 saturated heterocycles. The largest absolute Gasteiger partial charge is 0.447 e. The normalized spacial score (nSPS) is 14.8. The first-order valence-corrected chi connectivity index (χ1v) is 17.7. The fourth-order valence-electron chi connectivity index (χ4n) is 5.55. The van der Waals surface area contributed by atoms with E-state index < -0.39 is 54.1 Å². The van der Waals surface area contributed by atoms with Gasteiger partial charge in [0.05, 0.1) is 51.0 Å². The summed E-state index contributed by atoms with van der Waals surface area (Å²) >= 11 is 0. The predicted molar refractivity (Wildman–Crippen MR) is 196 cm³/mol. The van der Waals surface area contributed by atoms with Gasteiger partial charge in [-0.15, -0.1) is 6.58 Å². The average molecular weight is 715 g/mol. The van der Waals surface area contributed by atoms with Crippen LogP contribution in [0.15, 0.2) is 55.1 Å². The molecule has 13 nitrogen and oxygen atoms in total. The third-order valence-electron chi connectivity index (χ3n) is 8.63. The average Bonchev–Trinajstić information content (AvgIpc) is 3.10. The van der Waals surface area contributed by atoms with Crippen LogP contribution in [-0.4, -0.2) is 104 Å². The topological polar surface area (TPSA) is 185 Å². The molecule has 2 aromatic rings. The summed E-state index contributed by atoms with van der Waals surface area (Å²) in [6.07, 6.45) is 0.397. The molecular formula is C38H58N4O9. The van der Waals surface area contributed by atoms with Crippen molar-refractivity contribution >= 4 is 34.6 Å². The molecule has 0 heterocycles. The quantitative estimate of drug-likeness (QED) is 0.0703. The Morgan fingerprint density at radius 2 is 1.55 bits per heavy atom. The SMILES string of the molecule is C=CC[C@H](NC(=O)[C@H](Cc1cccc2ccccc12)NC(=O)OCCOCCOC)C(=O)NC(CC(C)C)C(O)CC(=O)N[C@H](CO)C(C)CC. The fourth-order valence-corrected chi connectivity index (χ4v) is 5.55. The molecule has 4 amide bonds. The van der Waals surface area contributed by atoms with Gasteiger partial charge in [-0.3, -0.25) is 14.4 Å². The molecule has 6 atom stereocenters. The molecule has 0 bridgehead atoms. The van der Waals surface area contributed by atoms with Crippen molar-refractivity contribution < 1.29 is 43.6 Å². The van der Waals surface area contributed by atoms with Crippen LogP contribution >= 0.6 is 0 Å². The summed E-state index contributed by atoms with van der Waals surface area (Å²) < 4.78 is 15.5. The Bertz CT molecular complexity index is 1380. The van der Waals surface area contributed by atoms with E-state index in [0.29, 0.717) is 19.6 Å². The third kappa shape index (κ3) is 15.4. The number of ether oxygens (including phenoxy) is 3. The highest BCUT2D eigenvalue weighted by Gasteiger charge is 2.31. The van der Waals surface area contributed by atoms with Crippen molar-refractivity contribution in [1.29, 1.82) is 0 Å². The molecule has 0 aliphatic carbocycles. The number of nitrogens with one attached hydrogen (secondary N) is 4. The summed E-state index contributed by atoms with van der Waals surface area (Å²) in [6, 6.07) is 9.87. The molecule has 0 saturated carbocycles. The lowest BCUT2D eigenvalue weighted by Crippen LogP contribution is -2.57. The van der Waals surface area contributed by atoms with Crippen LogP contribution in [0.3, 0.4) is 0 Å². The standard InChI is InChI=1S/C38H58N4O9/c1-7-12-30(36(46)41-31(21-25(3)4)34(44)23-35(45)39-33(24-43)26(5)8-2)40-37(47)32(42-38(48)51-20-19-50-18-17-49-6)22-28-15-11-14-27-13-9-10-16-29(27)28/h7,9-11,13-16,25-26,30-34,43-44H,1,8,12,17-24H2,2-6H3,(H,39,45)(H,40,47)(H,41,46)(H,42,48)/t26?,30-,31?,32-,33+,34?/m0/s1. The van der Waals surface area contributed by atoms with Gasteiger partial charge in [-0.25, -0.2) is 4.79 Å². The minimum atomic E-state index is -1.23. The zero-order valence-corrected chi connectivity index (χ0v) is 30.7. The highest BCUT2D eigenvalue weighted by Crippen LogP contribution is 2.20. The molecule has 51 heavy (non-hydrogen) atoms. The lowest BCUT2D eigenvalue weighted by atomic mass is 9.95. The van der Waals surface area contributed by atoms with E-state index in [2.05, 4.69) is 27.8 Å². The van der Waals surface area contributed by atoms with Crippen molar-refractivity contribution in [2.75, 3.05) is 40.1 Å². The Labute approximate surface area is 301 Å². The summed E-state index contributed by atoms with van der Waals surface area (Å²) in [5.74, 6) is -1.57. The highest BCUT2D eigenvalue weighted by molar-refractivity contribution is 5.93. The highest BCUT2D eigenvalue weighted by atomic mass is 16.6. The van der Waals surface area contributed by atoms with Crippen molar-refractivity contribution in [3.63, 3.8) is 0 Å². The van der Waals surface area contributed by atoms with Crippen LogP contribution in [0.5, 0.6) is 0 Å². The van der Waals surface area contributed by atoms with Gasteiger partial charge in [0, 0.05) is 13.5 Å². The van der Waals surface area contributed by atoms with Crippen molar-refractivity contribution in [2.24, 2.45) is 11.8 Å². The van der Waals surface area contributed by atoms with Crippen molar-refractivity contribution in [2.45, 2.75) is 90.1 Å². The monoisotopic (exact) mass is 714 g/mol. The molecule has 0 radical (unpaired) electrons. The zero-order chi connectivity index (χ0) is 37.8. The smallest absolute Gasteiger partial charge is 0.407 e. The van der Waals surface area contributed by atoms with Crippen LogP contribution in [0, 0.1) is 11.8 Å². The lowest BCUT2D eigenvalue weighted by Gasteiger charge is -2.29. The summed E-state index contributed by atoms with van der Waals surface area (Å²) in [5, 5.41) is 33.7. The Balaban J connectivity index is 2.22. The number of hydrogen-bond acceptors (Lipinski definition) is 9. The van der Waals surface area contributed by atoms with Gasteiger partial charge in [0.1, 0.15) is 18.7 Å². The Morgan fingerprint density at radius 1 is 0.863 bits per heavy atom. The summed E-state index contributed by atoms with van der Waals surface area (Å²) in [7, 11) is 1.55. The first-order chi connectivity index (χ1) is 24.4. The van der Waals surface area contributed by atoms with Crippen molar-refractivity contribution in [3.05, 3.63) is 60.7 Å². The van der Waals surface area contributed by atoms with E-state index in [0.717, 1.165) is 22.8 Å². The zero-order valence-electron chi connectivity index (χ0n) is 30.7. The van der Waals surface area contributed by atoms with E-state index in [-0.39, 0.29) is 50.9 Å². The number of aliphatic hydroxyl groups is 2. The van der Waals surface area contributed by atoms with Gasteiger partial charge >= 0.3 is 6.09 Å². The number of carbonyl (C=O) groups excluding carboxylic acids is 4. The summed E-state index contributed by atoms with van der Waals surface area (Å²) in [4.78, 5) is 53.2. The first-order valence-electron chi connectivity index (χ1n) is 17.7. The minimum absolute atomic E-state index is 0.0337. The van der Waals surface area contributed by atoms with Gasteiger partial charge in [-0.05, 0) is 41.0 Å². The van der Waals surface area contributed by atoms with Gasteiger partial charge in [0.15, 0.2) is 0 Å². The Morgan fingerprint density at radius 3 is 2.22 bits per heavy atom. The number of methoxy groups -OCH3 is 1. The molecule has 3 unspecified atom stereocenters. The number of fused-ring (bicyclic) bond motifs is 1. The second kappa shape index (κ2) is 23.4. The molecule has 2 aromatic carbocycles. The molecule has 0 aliphatic heterocycles. The van der Waals surface area contributed by atoms with Gasteiger partial charge in [0.2, 0.25) is 17.7 Å². The van der Waals surface area contributed by atoms with Gasteiger partial charge in [-0.1, -0.05) is 82.7 Å². The first kappa shape index (κ1) is 43.1. The van der Waals surface area contributed by atoms with Crippen LogP contribution in [0.1, 0.15) is 58.9 Å². The van der Waals surface area contributed by atoms with E-state index in [4.69, 9.17) is 14.2 Å². The fraction of sp³-hybridized carbons (Fsp3) is 0.579. The number of hydrogen-bond donors (Lipinski definition) is 6. The molecule has 6 N–H and O–H groups in total. The third-order valence-corrected chi connectivity index (χ3v) is 8.63. The molecule has 0 aromatic heterocycles. The molecule has 0 fully saturated rings. The second-order valence-electron chi connectivity index (χ2n) is 13.1. The summed E-state index contributed by atoms with van der Waals surface area (Å²) in [5.41, 5.74) is 0.802. The molecule has 284 valence electrons. The molecule has 0 spiro atoms. The van der Waals surface area contributed by atoms with Crippen molar-refractivity contribution in [1.82, 2.24) is 21.3 Å². The molecule has 13 heteroatoms. The van der Waals surface area contributed by atoms with E-state index >= 15 is 0 Å². The second-order valence-corrected chi connectivity index (χ2v) is 13.1.